The molecule has 0 spiro atoms. The molecule has 0 atom stereocenters. The second-order valence-corrected chi connectivity index (χ2v) is 11.0. The Morgan fingerprint density at radius 3 is 2.50 bits per heavy atom. The van der Waals surface area contributed by atoms with E-state index in [1.165, 1.54) is 0 Å². The highest BCUT2D eigenvalue weighted by Gasteiger charge is 2.33. The molecule has 7 nitrogen and oxygen atoms in total. The number of hydrogen-bond donors (Lipinski definition) is 0. The summed E-state index contributed by atoms with van der Waals surface area (Å²) in [6.07, 6.45) is 3.45. The summed E-state index contributed by atoms with van der Waals surface area (Å²) in [6, 6.07) is 2.13. The summed E-state index contributed by atoms with van der Waals surface area (Å²) in [5, 5.41) is 8.64. The first-order chi connectivity index (χ1) is 15.1. The first kappa shape index (κ1) is 22.9. The predicted octanol–water partition coefficient (Wildman–Crippen LogP) is 3.56. The molecule has 2 fully saturated rings. The average molecular weight is 438 g/mol. The van der Waals surface area contributed by atoms with Crippen molar-refractivity contribution in [2.45, 2.75) is 60.3 Å². The Morgan fingerprint density at radius 2 is 1.84 bits per heavy atom. The Hall–Kier alpha value is -2.27. The van der Waals surface area contributed by atoms with E-state index in [2.05, 4.69) is 74.7 Å². The Kier molecular flexibility index (Phi) is 6.39. The fourth-order valence-electron chi connectivity index (χ4n) is 4.21. The number of likely N-dealkylation sites (tertiary alicyclic amines) is 1. The molecule has 4 heterocycles. The van der Waals surface area contributed by atoms with Crippen LogP contribution >= 0.6 is 0 Å². The van der Waals surface area contributed by atoms with Crippen molar-refractivity contribution in [2.75, 3.05) is 32.8 Å². The normalized spacial score (nSPS) is 20.6. The van der Waals surface area contributed by atoms with Crippen LogP contribution in [0.2, 0.25) is 0 Å². The molecule has 0 N–H and O–H groups in total. The van der Waals surface area contributed by atoms with Crippen LogP contribution in [0.15, 0.2) is 18.5 Å². The van der Waals surface area contributed by atoms with Gasteiger partial charge in [0.15, 0.2) is 6.29 Å². The van der Waals surface area contributed by atoms with Gasteiger partial charge in [-0.25, -0.2) is 4.68 Å². The van der Waals surface area contributed by atoms with E-state index >= 15 is 0 Å². The van der Waals surface area contributed by atoms with Crippen molar-refractivity contribution in [1.82, 2.24) is 24.9 Å². The molecule has 2 saturated heterocycles. The number of ether oxygens (including phenoxy) is 2. The van der Waals surface area contributed by atoms with Crippen LogP contribution in [-0.4, -0.2) is 64.0 Å². The molecular formula is C25H35N5O2. The van der Waals surface area contributed by atoms with Gasteiger partial charge in [0, 0.05) is 30.3 Å². The van der Waals surface area contributed by atoms with E-state index in [0.29, 0.717) is 31.1 Å². The van der Waals surface area contributed by atoms with Gasteiger partial charge in [0.25, 0.3) is 0 Å². The summed E-state index contributed by atoms with van der Waals surface area (Å²) < 4.78 is 13.4. The lowest BCUT2D eigenvalue weighted by molar-refractivity contribution is -0.227. The molecule has 0 aliphatic carbocycles. The summed E-state index contributed by atoms with van der Waals surface area (Å²) >= 11 is 0. The molecule has 2 aromatic heterocycles. The van der Waals surface area contributed by atoms with Crippen molar-refractivity contribution in [3.63, 3.8) is 0 Å². The van der Waals surface area contributed by atoms with Crippen LogP contribution in [0.25, 0.3) is 11.4 Å². The van der Waals surface area contributed by atoms with Gasteiger partial charge >= 0.3 is 0 Å². The van der Waals surface area contributed by atoms with Gasteiger partial charge in [-0.1, -0.05) is 58.6 Å². The van der Waals surface area contributed by atoms with Crippen molar-refractivity contribution in [3.05, 3.63) is 29.6 Å². The topological polar surface area (TPSA) is 65.3 Å². The maximum absolute atomic E-state index is 5.82. The second kappa shape index (κ2) is 8.93. The van der Waals surface area contributed by atoms with Crippen molar-refractivity contribution < 1.29 is 9.47 Å². The monoisotopic (exact) mass is 437 g/mol. The number of aromatic nitrogens is 4. The van der Waals surface area contributed by atoms with Crippen LogP contribution in [0.3, 0.4) is 0 Å². The Bertz CT molecular complexity index is 997. The molecule has 0 radical (unpaired) electrons. The molecular weight excluding hydrogens is 402 g/mol. The van der Waals surface area contributed by atoms with Gasteiger partial charge in [-0.2, -0.15) is 0 Å². The van der Waals surface area contributed by atoms with E-state index in [-0.39, 0.29) is 11.7 Å². The van der Waals surface area contributed by atoms with Gasteiger partial charge in [0.2, 0.25) is 0 Å². The van der Waals surface area contributed by atoms with Crippen molar-refractivity contribution in [3.8, 4) is 23.2 Å². The second-order valence-electron chi connectivity index (χ2n) is 11.0. The molecule has 32 heavy (non-hydrogen) atoms. The van der Waals surface area contributed by atoms with Crippen LogP contribution in [0, 0.1) is 22.7 Å². The molecule has 2 aliphatic rings. The molecule has 0 amide bonds. The van der Waals surface area contributed by atoms with E-state index in [4.69, 9.17) is 14.5 Å². The summed E-state index contributed by atoms with van der Waals surface area (Å²) in [7, 11) is 0. The molecule has 7 heteroatoms. The van der Waals surface area contributed by atoms with Crippen molar-refractivity contribution in [2.24, 2.45) is 10.8 Å². The predicted molar refractivity (Wildman–Crippen MR) is 124 cm³/mol. The highest BCUT2D eigenvalue weighted by molar-refractivity contribution is 5.60. The third-order valence-electron chi connectivity index (χ3n) is 5.82. The summed E-state index contributed by atoms with van der Waals surface area (Å²) in [4.78, 5) is 7.08. The van der Waals surface area contributed by atoms with Crippen LogP contribution in [0.5, 0.6) is 0 Å². The van der Waals surface area contributed by atoms with E-state index in [9.17, 15) is 0 Å². The SMILES string of the molecule is CC(C)c1cc(C#CCN2CC(C)(C)C2)cnc1-c1cn(CC2OCC(C)(C)CO2)nn1. The Labute approximate surface area is 191 Å². The molecule has 2 aliphatic heterocycles. The van der Waals surface area contributed by atoms with E-state index in [0.717, 1.165) is 42.1 Å². The van der Waals surface area contributed by atoms with Crippen LogP contribution in [0.1, 0.15) is 58.6 Å². The zero-order valence-corrected chi connectivity index (χ0v) is 20.2. The summed E-state index contributed by atoms with van der Waals surface area (Å²) in [6.45, 7) is 18.1. The molecule has 0 bridgehead atoms. The first-order valence-electron chi connectivity index (χ1n) is 11.5. The van der Waals surface area contributed by atoms with Crippen LogP contribution in [0.4, 0.5) is 0 Å². The van der Waals surface area contributed by atoms with Gasteiger partial charge in [-0.15, -0.1) is 5.10 Å². The standard InChI is InChI=1S/C25H35N5O2/c1-18(2)20-10-19(8-7-9-29-14-24(3,4)15-29)11-26-23(20)21-12-30(28-27-21)13-22-31-16-25(5,6)17-32-22/h10-12,18,22H,9,13-17H2,1-6H3. The van der Waals surface area contributed by atoms with Gasteiger partial charge in [-0.3, -0.25) is 9.88 Å². The number of pyridine rings is 1. The lowest BCUT2D eigenvalue weighted by Gasteiger charge is -2.44. The van der Waals surface area contributed by atoms with Crippen molar-refractivity contribution >= 4 is 0 Å². The van der Waals surface area contributed by atoms with Gasteiger partial charge < -0.3 is 9.47 Å². The first-order valence-corrected chi connectivity index (χ1v) is 11.5. The summed E-state index contributed by atoms with van der Waals surface area (Å²) in [5.74, 6) is 6.88. The fourth-order valence-corrected chi connectivity index (χ4v) is 4.21. The highest BCUT2D eigenvalue weighted by atomic mass is 16.7. The zero-order chi connectivity index (χ0) is 22.9. The minimum Gasteiger partial charge on any atom is -0.350 e. The van der Waals surface area contributed by atoms with E-state index < -0.39 is 0 Å². The minimum absolute atomic E-state index is 0.0522. The quantitative estimate of drug-likeness (QED) is 0.667. The van der Waals surface area contributed by atoms with Crippen LogP contribution in [-0.2, 0) is 16.0 Å². The van der Waals surface area contributed by atoms with Crippen molar-refractivity contribution in [1.29, 1.82) is 0 Å². The van der Waals surface area contributed by atoms with Gasteiger partial charge in [0.05, 0.1) is 38.2 Å². The maximum atomic E-state index is 5.82. The lowest BCUT2D eigenvalue weighted by atomic mass is 9.84. The smallest absolute Gasteiger partial charge is 0.177 e. The van der Waals surface area contributed by atoms with E-state index in [1.807, 2.05) is 12.4 Å². The zero-order valence-electron chi connectivity index (χ0n) is 20.2. The molecule has 0 unspecified atom stereocenters. The number of hydrogen-bond acceptors (Lipinski definition) is 6. The average Bonchev–Trinajstić information content (AvgIpc) is 3.16. The Morgan fingerprint density at radius 1 is 1.12 bits per heavy atom. The largest absolute Gasteiger partial charge is 0.350 e. The fraction of sp³-hybridized carbons (Fsp3) is 0.640. The number of rotatable bonds is 5. The number of nitrogens with zero attached hydrogens (tertiary/aromatic N) is 5. The van der Waals surface area contributed by atoms with Crippen LogP contribution < -0.4 is 0 Å². The molecule has 0 aromatic carbocycles. The molecule has 172 valence electrons. The maximum Gasteiger partial charge on any atom is 0.177 e. The van der Waals surface area contributed by atoms with E-state index in [1.54, 1.807) is 4.68 Å². The molecule has 0 saturated carbocycles. The van der Waals surface area contributed by atoms with Gasteiger partial charge in [0.1, 0.15) is 5.69 Å². The molecule has 4 rings (SSSR count). The lowest BCUT2D eigenvalue weighted by Crippen LogP contribution is -2.52. The minimum atomic E-state index is -0.301. The third kappa shape index (κ3) is 5.55. The Balaban J connectivity index is 1.43. The molecule has 2 aromatic rings. The summed E-state index contributed by atoms with van der Waals surface area (Å²) in [5.41, 5.74) is 4.16. The highest BCUT2D eigenvalue weighted by Crippen LogP contribution is 2.29. The van der Waals surface area contributed by atoms with Gasteiger partial charge in [-0.05, 0) is 23.0 Å². The third-order valence-corrected chi connectivity index (χ3v) is 5.82.